The summed E-state index contributed by atoms with van der Waals surface area (Å²) in [6.07, 6.45) is 0. The van der Waals surface area contributed by atoms with Gasteiger partial charge in [0.15, 0.2) is 0 Å². The number of hydrogen-bond acceptors (Lipinski definition) is 1. The second-order valence-electron chi connectivity index (χ2n) is 5.24. The second kappa shape index (κ2) is 4.84. The van der Waals surface area contributed by atoms with Crippen LogP contribution in [0.4, 0.5) is 4.39 Å². The Morgan fingerprint density at radius 3 is 2.33 bits per heavy atom. The van der Waals surface area contributed by atoms with Crippen LogP contribution < -0.4 is 0 Å². The van der Waals surface area contributed by atoms with Crippen molar-refractivity contribution in [2.75, 3.05) is 0 Å². The van der Waals surface area contributed by atoms with Crippen molar-refractivity contribution in [3.05, 3.63) is 41.8 Å². The van der Waals surface area contributed by atoms with Crippen LogP contribution in [0.1, 0.15) is 26.5 Å². The average Bonchev–Trinajstić information content (AvgIpc) is 2.74. The zero-order chi connectivity index (χ0) is 13.3. The Morgan fingerprint density at radius 1 is 1.22 bits per heavy atom. The van der Waals surface area contributed by atoms with Gasteiger partial charge in [-0.1, -0.05) is 15.9 Å². The largest absolute Gasteiger partial charge is 0.259 e. The highest BCUT2D eigenvalue weighted by Gasteiger charge is 2.20. The number of nitrogens with zero attached hydrogens (tertiary/aromatic N) is 2. The van der Waals surface area contributed by atoms with Crippen molar-refractivity contribution in [3.63, 3.8) is 0 Å². The molecule has 0 saturated carbocycles. The smallest absolute Gasteiger partial charge is 0.123 e. The fraction of sp³-hybridized carbons (Fsp3) is 0.357. The summed E-state index contributed by atoms with van der Waals surface area (Å²) in [5, 5.41) is 5.29. The fourth-order valence-electron chi connectivity index (χ4n) is 1.83. The van der Waals surface area contributed by atoms with Gasteiger partial charge in [-0.3, -0.25) is 4.68 Å². The van der Waals surface area contributed by atoms with Gasteiger partial charge in [-0.05, 0) is 51.1 Å². The summed E-state index contributed by atoms with van der Waals surface area (Å²) in [5.74, 6) is -0.221. The van der Waals surface area contributed by atoms with Gasteiger partial charge in [0, 0.05) is 10.9 Å². The lowest BCUT2D eigenvalue weighted by Crippen LogP contribution is -2.24. The van der Waals surface area contributed by atoms with Crippen molar-refractivity contribution in [1.82, 2.24) is 9.78 Å². The maximum Gasteiger partial charge on any atom is 0.123 e. The van der Waals surface area contributed by atoms with Gasteiger partial charge in [-0.25, -0.2) is 4.39 Å². The highest BCUT2D eigenvalue weighted by molar-refractivity contribution is 9.08. The fourth-order valence-corrected chi connectivity index (χ4v) is 2.11. The van der Waals surface area contributed by atoms with E-state index in [2.05, 4.69) is 41.8 Å². The van der Waals surface area contributed by atoms with Gasteiger partial charge in [0.05, 0.1) is 16.9 Å². The van der Waals surface area contributed by atoms with Gasteiger partial charge in [-0.15, -0.1) is 0 Å². The summed E-state index contributed by atoms with van der Waals surface area (Å²) in [7, 11) is 0. The molecule has 1 aromatic heterocycles. The number of aromatic nitrogens is 2. The summed E-state index contributed by atoms with van der Waals surface area (Å²) in [5.41, 5.74) is 2.86. The van der Waals surface area contributed by atoms with E-state index in [1.807, 2.05) is 10.7 Å². The van der Waals surface area contributed by atoms with Crippen LogP contribution in [0.25, 0.3) is 11.3 Å². The average molecular weight is 311 g/mol. The van der Waals surface area contributed by atoms with Gasteiger partial charge in [0.25, 0.3) is 0 Å². The highest BCUT2D eigenvalue weighted by Crippen LogP contribution is 2.27. The molecule has 0 aliphatic rings. The van der Waals surface area contributed by atoms with Crippen LogP contribution in [-0.2, 0) is 10.9 Å². The molecule has 0 fully saturated rings. The van der Waals surface area contributed by atoms with E-state index >= 15 is 0 Å². The molecular weight excluding hydrogens is 295 g/mol. The van der Waals surface area contributed by atoms with Gasteiger partial charge >= 0.3 is 0 Å². The lowest BCUT2D eigenvalue weighted by Gasteiger charge is -2.22. The minimum Gasteiger partial charge on any atom is -0.259 e. The second-order valence-corrected chi connectivity index (χ2v) is 5.80. The number of rotatable bonds is 2. The first kappa shape index (κ1) is 13.3. The minimum absolute atomic E-state index is 0.107. The predicted octanol–water partition coefficient (Wildman–Crippen LogP) is 4.34. The monoisotopic (exact) mass is 310 g/mol. The maximum atomic E-state index is 13.0. The van der Waals surface area contributed by atoms with Crippen LogP contribution in [0, 0.1) is 5.82 Å². The Kier molecular flexibility index (Phi) is 3.57. The molecule has 4 heteroatoms. The normalized spacial score (nSPS) is 11.8. The number of hydrogen-bond donors (Lipinski definition) is 0. The van der Waals surface area contributed by atoms with Crippen molar-refractivity contribution >= 4 is 15.9 Å². The third-order valence-corrected chi connectivity index (χ3v) is 3.25. The Balaban J connectivity index is 2.55. The number of alkyl halides is 1. The molecule has 0 amide bonds. The Morgan fingerprint density at radius 2 is 1.83 bits per heavy atom. The number of halogens is 2. The first-order chi connectivity index (χ1) is 8.41. The molecule has 0 aliphatic heterocycles. The van der Waals surface area contributed by atoms with Crippen LogP contribution in [0.5, 0.6) is 0 Å². The van der Waals surface area contributed by atoms with E-state index in [0.717, 1.165) is 17.0 Å². The third-order valence-electron chi connectivity index (χ3n) is 2.67. The van der Waals surface area contributed by atoms with Crippen molar-refractivity contribution in [3.8, 4) is 11.3 Å². The molecule has 0 spiro atoms. The molecule has 0 atom stereocenters. The molecule has 2 nitrogen and oxygen atoms in total. The van der Waals surface area contributed by atoms with Gasteiger partial charge in [-0.2, -0.15) is 5.10 Å². The Labute approximate surface area is 115 Å². The Hall–Kier alpha value is -1.16. The molecule has 0 N–H and O–H groups in total. The molecule has 0 radical (unpaired) electrons. The van der Waals surface area contributed by atoms with Crippen LogP contribution in [0.2, 0.25) is 0 Å². The van der Waals surface area contributed by atoms with E-state index in [1.165, 1.54) is 12.1 Å². The van der Waals surface area contributed by atoms with E-state index in [4.69, 9.17) is 0 Å². The van der Waals surface area contributed by atoms with Gasteiger partial charge in [0.1, 0.15) is 5.82 Å². The molecule has 1 heterocycles. The third kappa shape index (κ3) is 2.64. The molecule has 2 rings (SSSR count). The standard InChI is InChI=1S/C14H16BrFN2/c1-14(2,3)18-13(8-12(9-15)17-18)10-4-6-11(16)7-5-10/h4-8H,9H2,1-3H3. The Bertz CT molecular complexity index is 538. The first-order valence-electron chi connectivity index (χ1n) is 5.83. The van der Waals surface area contributed by atoms with Gasteiger partial charge in [0.2, 0.25) is 0 Å². The van der Waals surface area contributed by atoms with Crippen molar-refractivity contribution in [2.24, 2.45) is 0 Å². The van der Waals surface area contributed by atoms with E-state index in [0.29, 0.717) is 5.33 Å². The van der Waals surface area contributed by atoms with Crippen LogP contribution in [0.15, 0.2) is 30.3 Å². The topological polar surface area (TPSA) is 17.8 Å². The predicted molar refractivity (Wildman–Crippen MR) is 75.2 cm³/mol. The molecule has 0 saturated heterocycles. The molecule has 1 aromatic carbocycles. The lowest BCUT2D eigenvalue weighted by molar-refractivity contribution is 0.358. The van der Waals surface area contributed by atoms with Crippen molar-refractivity contribution in [1.29, 1.82) is 0 Å². The highest BCUT2D eigenvalue weighted by atomic mass is 79.9. The molecule has 18 heavy (non-hydrogen) atoms. The van der Waals surface area contributed by atoms with Crippen LogP contribution in [0.3, 0.4) is 0 Å². The quantitative estimate of drug-likeness (QED) is 0.754. The molecular formula is C14H16BrFN2. The summed E-state index contributed by atoms with van der Waals surface area (Å²) in [6, 6.07) is 8.55. The van der Waals surface area contributed by atoms with E-state index in [1.54, 1.807) is 12.1 Å². The molecule has 0 aliphatic carbocycles. The molecule has 0 unspecified atom stereocenters. The van der Waals surface area contributed by atoms with Crippen LogP contribution in [-0.4, -0.2) is 9.78 Å². The number of benzene rings is 1. The van der Waals surface area contributed by atoms with Crippen LogP contribution >= 0.6 is 15.9 Å². The summed E-state index contributed by atoms with van der Waals surface area (Å²) < 4.78 is 15.0. The van der Waals surface area contributed by atoms with E-state index in [-0.39, 0.29) is 11.4 Å². The van der Waals surface area contributed by atoms with E-state index in [9.17, 15) is 4.39 Å². The minimum atomic E-state index is -0.221. The van der Waals surface area contributed by atoms with Crippen molar-refractivity contribution < 1.29 is 4.39 Å². The maximum absolute atomic E-state index is 13.0. The molecule has 2 aromatic rings. The molecule has 0 bridgehead atoms. The van der Waals surface area contributed by atoms with E-state index < -0.39 is 0 Å². The first-order valence-corrected chi connectivity index (χ1v) is 6.95. The summed E-state index contributed by atoms with van der Waals surface area (Å²) in [4.78, 5) is 0. The summed E-state index contributed by atoms with van der Waals surface area (Å²) >= 11 is 3.42. The molecule has 96 valence electrons. The zero-order valence-corrected chi connectivity index (χ0v) is 12.3. The zero-order valence-electron chi connectivity index (χ0n) is 10.7. The lowest BCUT2D eigenvalue weighted by atomic mass is 10.1. The SMILES string of the molecule is CC(C)(C)n1nc(CBr)cc1-c1ccc(F)cc1. The van der Waals surface area contributed by atoms with Crippen molar-refractivity contribution in [2.45, 2.75) is 31.6 Å². The van der Waals surface area contributed by atoms with Gasteiger partial charge < -0.3 is 0 Å². The summed E-state index contributed by atoms with van der Waals surface area (Å²) in [6.45, 7) is 6.31.